The molecule has 0 spiro atoms. The Balaban J connectivity index is 2.06. The largest absolute Gasteiger partial charge is 0.300 e. The molecule has 1 aromatic carbocycles. The predicted molar refractivity (Wildman–Crippen MR) is 65.2 cm³/mol. The van der Waals surface area contributed by atoms with Crippen molar-refractivity contribution in [2.24, 2.45) is 4.99 Å². The maximum atomic E-state index is 11.8. The number of thioether (sulfide) groups is 1. The number of amidine groups is 1. The number of nitrogens with zero attached hydrogens (tertiary/aromatic N) is 2. The maximum absolute atomic E-state index is 11.8. The van der Waals surface area contributed by atoms with Crippen molar-refractivity contribution in [1.82, 2.24) is 4.90 Å². The molecule has 16 heavy (non-hydrogen) atoms. The summed E-state index contributed by atoms with van der Waals surface area (Å²) in [5, 5.41) is 0.224. The molecule has 2 aliphatic heterocycles. The molecular formula is C12H12N2OS. The van der Waals surface area contributed by atoms with Crippen molar-refractivity contribution in [2.45, 2.75) is 23.5 Å². The van der Waals surface area contributed by atoms with Crippen molar-refractivity contribution in [3.8, 4) is 0 Å². The van der Waals surface area contributed by atoms with E-state index in [2.05, 4.69) is 11.1 Å². The molecule has 82 valence electrons. The summed E-state index contributed by atoms with van der Waals surface area (Å²) in [7, 11) is 0. The van der Waals surface area contributed by atoms with Crippen molar-refractivity contribution in [2.75, 3.05) is 6.54 Å². The second-order valence-corrected chi connectivity index (χ2v) is 5.13. The molecule has 0 bridgehead atoms. The van der Waals surface area contributed by atoms with Gasteiger partial charge in [0, 0.05) is 17.9 Å². The SMILES string of the molecule is CCN1C(=O)CC2Sc3ccccc3N=C21. The third-order valence-electron chi connectivity index (χ3n) is 2.91. The average molecular weight is 232 g/mol. The van der Waals surface area contributed by atoms with Gasteiger partial charge in [0.1, 0.15) is 5.84 Å². The van der Waals surface area contributed by atoms with Crippen molar-refractivity contribution >= 4 is 29.2 Å². The molecular weight excluding hydrogens is 220 g/mol. The lowest BCUT2D eigenvalue weighted by molar-refractivity contribution is -0.125. The van der Waals surface area contributed by atoms with Crippen molar-refractivity contribution in [3.05, 3.63) is 24.3 Å². The number of likely N-dealkylation sites (tertiary alicyclic amines) is 1. The number of rotatable bonds is 1. The van der Waals surface area contributed by atoms with E-state index in [0.717, 1.165) is 18.1 Å². The Morgan fingerprint density at radius 3 is 3.12 bits per heavy atom. The first-order valence-electron chi connectivity index (χ1n) is 5.44. The first-order chi connectivity index (χ1) is 7.79. The van der Waals surface area contributed by atoms with Crippen LogP contribution in [-0.4, -0.2) is 28.4 Å². The van der Waals surface area contributed by atoms with Crippen LogP contribution in [0.15, 0.2) is 34.2 Å². The van der Waals surface area contributed by atoms with Crippen LogP contribution < -0.4 is 0 Å². The molecule has 1 unspecified atom stereocenters. The Kier molecular flexibility index (Phi) is 2.24. The summed E-state index contributed by atoms with van der Waals surface area (Å²) in [5.74, 6) is 1.14. The zero-order valence-corrected chi connectivity index (χ0v) is 9.83. The van der Waals surface area contributed by atoms with Gasteiger partial charge < -0.3 is 0 Å². The zero-order valence-electron chi connectivity index (χ0n) is 9.01. The van der Waals surface area contributed by atoms with E-state index in [1.807, 2.05) is 25.1 Å². The molecule has 0 N–H and O–H groups in total. The van der Waals surface area contributed by atoms with Crippen LogP contribution in [0.4, 0.5) is 5.69 Å². The van der Waals surface area contributed by atoms with E-state index in [0.29, 0.717) is 6.42 Å². The number of benzene rings is 1. The lowest BCUT2D eigenvalue weighted by Crippen LogP contribution is -2.31. The maximum Gasteiger partial charge on any atom is 0.229 e. The molecule has 2 aliphatic rings. The number of hydrogen-bond acceptors (Lipinski definition) is 3. The second kappa shape index (κ2) is 3.63. The molecule has 1 amide bonds. The van der Waals surface area contributed by atoms with Gasteiger partial charge in [-0.2, -0.15) is 0 Å². The first kappa shape index (κ1) is 9.90. The van der Waals surface area contributed by atoms with E-state index in [9.17, 15) is 4.79 Å². The standard InChI is InChI=1S/C12H12N2OS/c1-2-14-11(15)7-10-12(14)13-8-5-3-4-6-9(8)16-10/h3-6,10H,2,7H2,1H3. The molecule has 1 saturated heterocycles. The number of hydrogen-bond donors (Lipinski definition) is 0. The van der Waals surface area contributed by atoms with Crippen LogP contribution in [0.2, 0.25) is 0 Å². The fourth-order valence-corrected chi connectivity index (χ4v) is 3.36. The predicted octanol–water partition coefficient (Wildman–Crippen LogP) is 2.44. The van der Waals surface area contributed by atoms with Gasteiger partial charge in [-0.05, 0) is 19.1 Å². The Hall–Kier alpha value is -1.29. The van der Waals surface area contributed by atoms with Gasteiger partial charge in [0.2, 0.25) is 5.91 Å². The van der Waals surface area contributed by atoms with E-state index in [-0.39, 0.29) is 11.2 Å². The topological polar surface area (TPSA) is 32.7 Å². The van der Waals surface area contributed by atoms with E-state index >= 15 is 0 Å². The lowest BCUT2D eigenvalue weighted by atomic mass is 10.3. The van der Waals surface area contributed by atoms with Crippen molar-refractivity contribution in [3.63, 3.8) is 0 Å². The molecule has 0 saturated carbocycles. The number of carbonyl (C=O) groups excluding carboxylic acids is 1. The molecule has 0 aliphatic carbocycles. The summed E-state index contributed by atoms with van der Waals surface area (Å²) in [5.41, 5.74) is 0.993. The summed E-state index contributed by atoms with van der Waals surface area (Å²) >= 11 is 1.76. The minimum absolute atomic E-state index is 0.201. The van der Waals surface area contributed by atoms with E-state index in [1.165, 1.54) is 4.90 Å². The van der Waals surface area contributed by atoms with Crippen LogP contribution in [0.5, 0.6) is 0 Å². The second-order valence-electron chi connectivity index (χ2n) is 3.89. The van der Waals surface area contributed by atoms with Crippen LogP contribution in [-0.2, 0) is 4.79 Å². The van der Waals surface area contributed by atoms with Crippen LogP contribution in [0.25, 0.3) is 0 Å². The normalized spacial score (nSPS) is 22.8. The number of para-hydroxylation sites is 1. The van der Waals surface area contributed by atoms with E-state index in [1.54, 1.807) is 16.7 Å². The molecule has 4 heteroatoms. The van der Waals surface area contributed by atoms with Gasteiger partial charge in [0.05, 0.1) is 10.9 Å². The van der Waals surface area contributed by atoms with Crippen molar-refractivity contribution < 1.29 is 4.79 Å². The minimum atomic E-state index is 0.201. The van der Waals surface area contributed by atoms with E-state index < -0.39 is 0 Å². The van der Waals surface area contributed by atoms with Gasteiger partial charge in [-0.1, -0.05) is 12.1 Å². The Labute approximate surface area is 98.5 Å². The highest BCUT2D eigenvalue weighted by molar-refractivity contribution is 8.01. The third kappa shape index (κ3) is 1.37. The zero-order chi connectivity index (χ0) is 11.1. The highest BCUT2D eigenvalue weighted by Gasteiger charge is 2.38. The highest BCUT2D eigenvalue weighted by atomic mass is 32.2. The van der Waals surface area contributed by atoms with Crippen LogP contribution in [0.3, 0.4) is 0 Å². The minimum Gasteiger partial charge on any atom is -0.300 e. The number of amides is 1. The van der Waals surface area contributed by atoms with Gasteiger partial charge in [-0.25, -0.2) is 4.99 Å². The van der Waals surface area contributed by atoms with E-state index in [4.69, 9.17) is 0 Å². The fourth-order valence-electron chi connectivity index (χ4n) is 2.15. The Morgan fingerprint density at radius 1 is 1.50 bits per heavy atom. The Bertz CT molecular complexity index is 484. The molecule has 0 radical (unpaired) electrons. The van der Waals surface area contributed by atoms with Gasteiger partial charge >= 0.3 is 0 Å². The van der Waals surface area contributed by atoms with Gasteiger partial charge in [-0.15, -0.1) is 11.8 Å². The Morgan fingerprint density at radius 2 is 2.31 bits per heavy atom. The molecule has 3 nitrogen and oxygen atoms in total. The summed E-state index contributed by atoms with van der Waals surface area (Å²) < 4.78 is 0. The molecule has 2 heterocycles. The number of carbonyl (C=O) groups is 1. The highest BCUT2D eigenvalue weighted by Crippen LogP contribution is 2.42. The molecule has 1 fully saturated rings. The molecule has 1 aromatic rings. The summed E-state index contributed by atoms with van der Waals surface area (Å²) in [6.07, 6.45) is 0.589. The quantitative estimate of drug-likeness (QED) is 0.745. The van der Waals surface area contributed by atoms with Crippen LogP contribution >= 0.6 is 11.8 Å². The first-order valence-corrected chi connectivity index (χ1v) is 6.32. The monoisotopic (exact) mass is 232 g/mol. The summed E-state index contributed by atoms with van der Waals surface area (Å²) in [6.45, 7) is 2.71. The lowest BCUT2D eigenvalue weighted by Gasteiger charge is -2.21. The smallest absolute Gasteiger partial charge is 0.229 e. The fraction of sp³-hybridized carbons (Fsp3) is 0.333. The number of fused-ring (bicyclic) bond motifs is 2. The van der Waals surface area contributed by atoms with Crippen LogP contribution in [0.1, 0.15) is 13.3 Å². The molecule has 0 aromatic heterocycles. The summed E-state index contributed by atoms with van der Waals surface area (Å²) in [4.78, 5) is 19.3. The molecule has 3 rings (SSSR count). The van der Waals surface area contributed by atoms with Crippen molar-refractivity contribution in [1.29, 1.82) is 0 Å². The summed E-state index contributed by atoms with van der Waals surface area (Å²) in [6, 6.07) is 8.07. The van der Waals surface area contributed by atoms with Gasteiger partial charge in [-0.3, -0.25) is 9.69 Å². The van der Waals surface area contributed by atoms with Crippen LogP contribution in [0, 0.1) is 0 Å². The van der Waals surface area contributed by atoms with Gasteiger partial charge in [0.25, 0.3) is 0 Å². The number of aliphatic imine (C=N–C) groups is 1. The molecule has 1 atom stereocenters. The average Bonchev–Trinajstić information content (AvgIpc) is 2.60. The third-order valence-corrected chi connectivity index (χ3v) is 4.17. The van der Waals surface area contributed by atoms with Gasteiger partial charge in [0.15, 0.2) is 0 Å².